The van der Waals surface area contributed by atoms with Crippen molar-refractivity contribution >= 4 is 6.09 Å². The third-order valence-corrected chi connectivity index (χ3v) is 2.25. The molecule has 2 unspecified atom stereocenters. The largest absolute Gasteiger partial charge is 0.450 e. The van der Waals surface area contributed by atoms with Crippen molar-refractivity contribution in [3.05, 3.63) is 0 Å². The molecule has 5 heteroatoms. The summed E-state index contributed by atoms with van der Waals surface area (Å²) in [7, 11) is 0. The average Bonchev–Trinajstić information content (AvgIpc) is 2.67. The topological polar surface area (TPSA) is 73.6 Å². The number of carbonyl (C=O) groups excluding carboxylic acids is 1. The summed E-state index contributed by atoms with van der Waals surface area (Å²) >= 11 is 0. The average molecular weight is 202 g/mol. The van der Waals surface area contributed by atoms with E-state index < -0.39 is 6.09 Å². The van der Waals surface area contributed by atoms with E-state index in [1.165, 1.54) is 0 Å². The minimum Gasteiger partial charge on any atom is -0.450 e. The molecule has 1 rings (SSSR count). The van der Waals surface area contributed by atoms with Gasteiger partial charge in [-0.05, 0) is 19.8 Å². The highest BCUT2D eigenvalue weighted by Crippen LogP contribution is 2.15. The van der Waals surface area contributed by atoms with Crippen LogP contribution in [-0.4, -0.2) is 38.0 Å². The Morgan fingerprint density at radius 2 is 2.57 bits per heavy atom. The van der Waals surface area contributed by atoms with Crippen molar-refractivity contribution in [1.29, 1.82) is 0 Å². The lowest BCUT2D eigenvalue weighted by atomic mass is 10.1. The third kappa shape index (κ3) is 3.16. The number of ether oxygens (including phenoxy) is 2. The first-order chi connectivity index (χ1) is 6.77. The van der Waals surface area contributed by atoms with Crippen LogP contribution in [0.4, 0.5) is 4.79 Å². The fourth-order valence-electron chi connectivity index (χ4n) is 1.55. The van der Waals surface area contributed by atoms with Gasteiger partial charge in [0, 0.05) is 13.2 Å². The second kappa shape index (κ2) is 5.82. The van der Waals surface area contributed by atoms with Crippen molar-refractivity contribution in [2.45, 2.75) is 31.9 Å². The first-order valence-corrected chi connectivity index (χ1v) is 5.03. The van der Waals surface area contributed by atoms with Gasteiger partial charge in [0.25, 0.3) is 0 Å². The lowest BCUT2D eigenvalue weighted by Crippen LogP contribution is -2.48. The Bertz CT molecular complexity index is 181. The van der Waals surface area contributed by atoms with E-state index in [9.17, 15) is 4.79 Å². The SMILES string of the molecule is CCOC(=O)NC(CN)C1CCCO1. The van der Waals surface area contributed by atoms with Gasteiger partial charge in [-0.1, -0.05) is 0 Å². The molecule has 2 atom stereocenters. The van der Waals surface area contributed by atoms with Crippen LogP contribution in [0.15, 0.2) is 0 Å². The molecule has 0 aliphatic carbocycles. The molecule has 0 aromatic heterocycles. The summed E-state index contributed by atoms with van der Waals surface area (Å²) in [5.74, 6) is 0. The molecule has 0 saturated carbocycles. The molecular weight excluding hydrogens is 184 g/mol. The zero-order valence-electron chi connectivity index (χ0n) is 8.49. The van der Waals surface area contributed by atoms with Gasteiger partial charge < -0.3 is 20.5 Å². The van der Waals surface area contributed by atoms with Crippen LogP contribution in [0.25, 0.3) is 0 Å². The lowest BCUT2D eigenvalue weighted by Gasteiger charge is -2.21. The molecule has 5 nitrogen and oxygen atoms in total. The zero-order valence-corrected chi connectivity index (χ0v) is 8.49. The Balaban J connectivity index is 2.33. The summed E-state index contributed by atoms with van der Waals surface area (Å²) in [6, 6.07) is -0.128. The van der Waals surface area contributed by atoms with E-state index in [-0.39, 0.29) is 12.1 Å². The first kappa shape index (κ1) is 11.3. The molecule has 1 amide bonds. The van der Waals surface area contributed by atoms with Crippen LogP contribution in [0.3, 0.4) is 0 Å². The minimum atomic E-state index is -0.418. The summed E-state index contributed by atoms with van der Waals surface area (Å²) in [4.78, 5) is 11.1. The standard InChI is InChI=1S/C9H18N2O3/c1-2-13-9(12)11-7(6-10)8-4-3-5-14-8/h7-8H,2-6,10H2,1H3,(H,11,12). The second-order valence-corrected chi connectivity index (χ2v) is 3.26. The molecule has 0 spiro atoms. The van der Waals surface area contributed by atoms with Gasteiger partial charge in [0.05, 0.1) is 18.8 Å². The maximum atomic E-state index is 11.1. The number of alkyl carbamates (subject to hydrolysis) is 1. The summed E-state index contributed by atoms with van der Waals surface area (Å²) in [6.45, 7) is 3.27. The van der Waals surface area contributed by atoms with E-state index >= 15 is 0 Å². The van der Waals surface area contributed by atoms with Crippen molar-refractivity contribution in [1.82, 2.24) is 5.32 Å². The normalized spacial score (nSPS) is 23.1. The van der Waals surface area contributed by atoms with Gasteiger partial charge in [0.1, 0.15) is 0 Å². The molecule has 0 bridgehead atoms. The van der Waals surface area contributed by atoms with E-state index in [1.807, 2.05) is 0 Å². The highest BCUT2D eigenvalue weighted by molar-refractivity contribution is 5.67. The number of hydrogen-bond donors (Lipinski definition) is 2. The smallest absolute Gasteiger partial charge is 0.407 e. The lowest BCUT2D eigenvalue weighted by molar-refractivity contribution is 0.0749. The van der Waals surface area contributed by atoms with Crippen molar-refractivity contribution in [2.24, 2.45) is 5.73 Å². The Labute approximate surface area is 83.9 Å². The molecule has 0 radical (unpaired) electrons. The van der Waals surface area contributed by atoms with Gasteiger partial charge in [0.2, 0.25) is 0 Å². The summed E-state index contributed by atoms with van der Waals surface area (Å²) in [5.41, 5.74) is 5.55. The number of hydrogen-bond acceptors (Lipinski definition) is 4. The molecule has 3 N–H and O–H groups in total. The van der Waals surface area contributed by atoms with Gasteiger partial charge in [-0.3, -0.25) is 0 Å². The Morgan fingerprint density at radius 1 is 1.79 bits per heavy atom. The number of nitrogens with two attached hydrogens (primary N) is 1. The quantitative estimate of drug-likeness (QED) is 0.685. The fourth-order valence-corrected chi connectivity index (χ4v) is 1.55. The third-order valence-electron chi connectivity index (χ3n) is 2.25. The highest BCUT2D eigenvalue weighted by Gasteiger charge is 2.26. The van der Waals surface area contributed by atoms with E-state index in [0.717, 1.165) is 19.4 Å². The van der Waals surface area contributed by atoms with Crippen LogP contribution in [0.5, 0.6) is 0 Å². The van der Waals surface area contributed by atoms with E-state index in [2.05, 4.69) is 5.32 Å². The molecular formula is C9H18N2O3. The van der Waals surface area contributed by atoms with Crippen LogP contribution in [0, 0.1) is 0 Å². The van der Waals surface area contributed by atoms with Gasteiger partial charge in [-0.25, -0.2) is 4.79 Å². The maximum Gasteiger partial charge on any atom is 0.407 e. The highest BCUT2D eigenvalue weighted by atomic mass is 16.5. The molecule has 1 aliphatic rings. The Kier molecular flexibility index (Phi) is 4.69. The summed E-state index contributed by atoms with van der Waals surface area (Å²) in [5, 5.41) is 2.70. The van der Waals surface area contributed by atoms with Crippen LogP contribution in [0.2, 0.25) is 0 Å². The van der Waals surface area contributed by atoms with Crippen LogP contribution < -0.4 is 11.1 Å². The summed E-state index contributed by atoms with van der Waals surface area (Å²) in [6.07, 6.45) is 1.61. The zero-order chi connectivity index (χ0) is 10.4. The van der Waals surface area contributed by atoms with Crippen molar-refractivity contribution in [3.63, 3.8) is 0 Å². The van der Waals surface area contributed by atoms with Crippen molar-refractivity contribution in [3.8, 4) is 0 Å². The summed E-state index contributed by atoms with van der Waals surface area (Å²) < 4.78 is 10.2. The van der Waals surface area contributed by atoms with Crippen LogP contribution >= 0.6 is 0 Å². The van der Waals surface area contributed by atoms with Gasteiger partial charge >= 0.3 is 6.09 Å². The number of carbonyl (C=O) groups is 1. The van der Waals surface area contributed by atoms with E-state index in [0.29, 0.717) is 13.2 Å². The first-order valence-electron chi connectivity index (χ1n) is 5.03. The molecule has 1 aliphatic heterocycles. The second-order valence-electron chi connectivity index (χ2n) is 3.26. The van der Waals surface area contributed by atoms with Gasteiger partial charge in [-0.15, -0.1) is 0 Å². The Hall–Kier alpha value is -0.810. The van der Waals surface area contributed by atoms with E-state index in [4.69, 9.17) is 15.2 Å². The molecule has 82 valence electrons. The maximum absolute atomic E-state index is 11.1. The fraction of sp³-hybridized carbons (Fsp3) is 0.889. The van der Waals surface area contributed by atoms with Crippen molar-refractivity contribution in [2.75, 3.05) is 19.8 Å². The number of rotatable bonds is 4. The molecule has 1 fully saturated rings. The minimum absolute atomic E-state index is 0.0457. The monoisotopic (exact) mass is 202 g/mol. The molecule has 1 saturated heterocycles. The molecule has 0 aromatic carbocycles. The van der Waals surface area contributed by atoms with Gasteiger partial charge in [0.15, 0.2) is 0 Å². The van der Waals surface area contributed by atoms with E-state index in [1.54, 1.807) is 6.92 Å². The number of amides is 1. The molecule has 1 heterocycles. The molecule has 14 heavy (non-hydrogen) atoms. The molecule has 0 aromatic rings. The van der Waals surface area contributed by atoms with Gasteiger partial charge in [-0.2, -0.15) is 0 Å². The van der Waals surface area contributed by atoms with Crippen LogP contribution in [-0.2, 0) is 9.47 Å². The Morgan fingerprint density at radius 3 is 3.07 bits per heavy atom. The number of nitrogens with one attached hydrogen (secondary N) is 1. The predicted octanol–water partition coefficient (Wildman–Crippen LogP) is 0.239. The predicted molar refractivity (Wildman–Crippen MR) is 52.0 cm³/mol. The van der Waals surface area contributed by atoms with Crippen molar-refractivity contribution < 1.29 is 14.3 Å². The van der Waals surface area contributed by atoms with Crippen LogP contribution in [0.1, 0.15) is 19.8 Å².